The molecule has 1 unspecified atom stereocenters. The van der Waals surface area contributed by atoms with Crippen molar-refractivity contribution in [3.63, 3.8) is 0 Å². The third kappa shape index (κ3) is 2.52. The van der Waals surface area contributed by atoms with Gasteiger partial charge in [0, 0.05) is 39.4 Å². The summed E-state index contributed by atoms with van der Waals surface area (Å²) in [6, 6.07) is 14.4. The highest BCUT2D eigenvalue weighted by Gasteiger charge is 2.40. The highest BCUT2D eigenvalue weighted by Crippen LogP contribution is 2.44. The van der Waals surface area contributed by atoms with Gasteiger partial charge < -0.3 is 9.47 Å². The van der Waals surface area contributed by atoms with Crippen molar-refractivity contribution in [2.24, 2.45) is 0 Å². The van der Waals surface area contributed by atoms with Crippen LogP contribution in [0.1, 0.15) is 18.1 Å². The second-order valence-electron chi connectivity index (χ2n) is 6.85. The highest BCUT2D eigenvalue weighted by atomic mass is 79.9. The van der Waals surface area contributed by atoms with Crippen molar-refractivity contribution in [3.05, 3.63) is 85.9 Å². The van der Waals surface area contributed by atoms with Crippen LogP contribution < -0.4 is 9.47 Å². The summed E-state index contributed by atoms with van der Waals surface area (Å²) in [6.45, 7) is 1.98. The van der Waals surface area contributed by atoms with E-state index in [1.54, 1.807) is 12.1 Å². The number of nitrogens with zero attached hydrogens (tertiary/aromatic N) is 1. The van der Waals surface area contributed by atoms with Gasteiger partial charge in [-0.1, -0.05) is 22.0 Å². The van der Waals surface area contributed by atoms with Gasteiger partial charge >= 0.3 is 0 Å². The number of benzene rings is 3. The first kappa shape index (κ1) is 17.0. The smallest absolute Gasteiger partial charge is 0.294 e. The third-order valence-corrected chi connectivity index (χ3v) is 5.60. The number of nitro groups is 1. The summed E-state index contributed by atoms with van der Waals surface area (Å²) in [6.07, 6.45) is 5.92. The Labute approximate surface area is 169 Å². The first-order valence-corrected chi connectivity index (χ1v) is 9.51. The minimum atomic E-state index is -0.998. The lowest BCUT2D eigenvalue weighted by molar-refractivity contribution is -0.384. The molecule has 0 saturated carbocycles. The minimum absolute atomic E-state index is 0.0711. The van der Waals surface area contributed by atoms with Crippen molar-refractivity contribution in [1.29, 1.82) is 0 Å². The van der Waals surface area contributed by atoms with Gasteiger partial charge in [0.05, 0.1) is 4.92 Å². The maximum absolute atomic E-state index is 11.0. The van der Waals surface area contributed by atoms with E-state index in [-0.39, 0.29) is 10.6 Å². The van der Waals surface area contributed by atoms with E-state index in [0.29, 0.717) is 5.75 Å². The van der Waals surface area contributed by atoms with Crippen molar-refractivity contribution >= 4 is 44.5 Å². The van der Waals surface area contributed by atoms with Gasteiger partial charge in [-0.3, -0.25) is 10.1 Å². The van der Waals surface area contributed by atoms with Crippen molar-refractivity contribution in [2.75, 3.05) is 0 Å². The van der Waals surface area contributed by atoms with E-state index in [4.69, 9.17) is 9.47 Å². The van der Waals surface area contributed by atoms with Crippen LogP contribution in [0, 0.1) is 10.1 Å². The summed E-state index contributed by atoms with van der Waals surface area (Å²) in [5.41, 5.74) is 2.88. The molecule has 0 radical (unpaired) electrons. The van der Waals surface area contributed by atoms with Crippen LogP contribution in [0.15, 0.2) is 64.7 Å². The van der Waals surface area contributed by atoms with E-state index in [9.17, 15) is 10.1 Å². The number of fused-ring (bicyclic) bond motifs is 4. The molecule has 1 spiro atoms. The second-order valence-corrected chi connectivity index (χ2v) is 7.77. The zero-order valence-electron chi connectivity index (χ0n) is 14.8. The molecule has 0 amide bonds. The zero-order chi connectivity index (χ0) is 19.5. The van der Waals surface area contributed by atoms with Gasteiger partial charge in [-0.25, -0.2) is 0 Å². The van der Waals surface area contributed by atoms with Crippen LogP contribution in [0.2, 0.25) is 0 Å². The van der Waals surface area contributed by atoms with Gasteiger partial charge in [0.1, 0.15) is 11.5 Å². The Balaban J connectivity index is 1.60. The topological polar surface area (TPSA) is 61.6 Å². The van der Waals surface area contributed by atoms with Crippen LogP contribution in [0.5, 0.6) is 11.5 Å². The molecule has 0 saturated heterocycles. The first-order chi connectivity index (χ1) is 13.4. The quantitative estimate of drug-likeness (QED) is 0.341. The molecule has 28 heavy (non-hydrogen) atoms. The SMILES string of the molecule is CC1=Cc2cc(Br)ccc2OC12C=Cc1c(ccc3cc([N+](=O)[O-])ccc13)O2. The molecule has 3 aromatic carbocycles. The first-order valence-electron chi connectivity index (χ1n) is 8.72. The Bertz CT molecular complexity index is 1230. The standard InChI is InChI=1S/C22H14BrNO4/c1-13-10-15-11-16(23)3-7-20(15)27-22(13)9-8-19-18-5-4-17(24(25)26)12-14(18)2-6-21(19)28-22/h2-12H,1H3. The zero-order valence-corrected chi connectivity index (χ0v) is 16.4. The second kappa shape index (κ2) is 5.94. The summed E-state index contributed by atoms with van der Waals surface area (Å²) in [5, 5.41) is 12.7. The van der Waals surface area contributed by atoms with E-state index in [1.807, 2.05) is 49.4 Å². The minimum Gasteiger partial charge on any atom is -0.444 e. The maximum Gasteiger partial charge on any atom is 0.294 e. The van der Waals surface area contributed by atoms with E-state index in [1.165, 1.54) is 6.07 Å². The third-order valence-electron chi connectivity index (χ3n) is 5.10. The van der Waals surface area contributed by atoms with Crippen LogP contribution in [0.25, 0.3) is 22.9 Å². The summed E-state index contributed by atoms with van der Waals surface area (Å²) < 4.78 is 13.6. The molecule has 0 bridgehead atoms. The van der Waals surface area contributed by atoms with Crippen molar-refractivity contribution in [2.45, 2.75) is 12.7 Å². The largest absolute Gasteiger partial charge is 0.444 e. The maximum atomic E-state index is 11.0. The highest BCUT2D eigenvalue weighted by molar-refractivity contribution is 9.10. The molecule has 2 aliphatic heterocycles. The number of hydrogen-bond acceptors (Lipinski definition) is 4. The van der Waals surface area contributed by atoms with Gasteiger partial charge in [-0.05, 0) is 60.2 Å². The predicted octanol–water partition coefficient (Wildman–Crippen LogP) is 6.11. The number of halogens is 1. The molecule has 2 aliphatic rings. The molecule has 138 valence electrons. The van der Waals surface area contributed by atoms with Crippen molar-refractivity contribution in [1.82, 2.24) is 0 Å². The van der Waals surface area contributed by atoms with Crippen LogP contribution >= 0.6 is 15.9 Å². The molecule has 0 fully saturated rings. The van der Waals surface area contributed by atoms with Crippen LogP contribution in [-0.4, -0.2) is 10.7 Å². The summed E-state index contributed by atoms with van der Waals surface area (Å²) in [7, 11) is 0. The summed E-state index contributed by atoms with van der Waals surface area (Å²) in [4.78, 5) is 10.6. The molecule has 2 heterocycles. The molecule has 1 atom stereocenters. The van der Waals surface area contributed by atoms with Gasteiger partial charge in [0.15, 0.2) is 0 Å². The Morgan fingerprint density at radius 3 is 2.64 bits per heavy atom. The van der Waals surface area contributed by atoms with Gasteiger partial charge in [-0.15, -0.1) is 0 Å². The van der Waals surface area contributed by atoms with E-state index in [0.717, 1.165) is 37.7 Å². The van der Waals surface area contributed by atoms with Crippen LogP contribution in [-0.2, 0) is 0 Å². The van der Waals surface area contributed by atoms with Gasteiger partial charge in [0.25, 0.3) is 11.5 Å². The Morgan fingerprint density at radius 2 is 1.82 bits per heavy atom. The number of hydrogen-bond donors (Lipinski definition) is 0. The average Bonchev–Trinajstić information content (AvgIpc) is 2.68. The molecule has 5 nitrogen and oxygen atoms in total. The lowest BCUT2D eigenvalue weighted by Crippen LogP contribution is -2.44. The monoisotopic (exact) mass is 435 g/mol. The van der Waals surface area contributed by atoms with Gasteiger partial charge in [-0.2, -0.15) is 0 Å². The van der Waals surface area contributed by atoms with E-state index < -0.39 is 5.79 Å². The lowest BCUT2D eigenvalue weighted by Gasteiger charge is -2.38. The fourth-order valence-electron chi connectivity index (χ4n) is 3.66. The predicted molar refractivity (Wildman–Crippen MR) is 111 cm³/mol. The molecular formula is C22H14BrNO4. The lowest BCUT2D eigenvalue weighted by atomic mass is 9.94. The Hall–Kier alpha value is -3.12. The summed E-state index contributed by atoms with van der Waals surface area (Å²) >= 11 is 3.48. The van der Waals surface area contributed by atoms with E-state index >= 15 is 0 Å². The van der Waals surface area contributed by atoms with Gasteiger partial charge in [0.2, 0.25) is 0 Å². The fraction of sp³-hybridized carbons (Fsp3) is 0.0909. The Morgan fingerprint density at radius 1 is 1.04 bits per heavy atom. The summed E-state index contributed by atoms with van der Waals surface area (Å²) in [5.74, 6) is 0.429. The Kier molecular flexibility index (Phi) is 3.61. The van der Waals surface area contributed by atoms with Crippen molar-refractivity contribution < 1.29 is 14.4 Å². The van der Waals surface area contributed by atoms with Crippen LogP contribution in [0.3, 0.4) is 0 Å². The average molecular weight is 436 g/mol. The normalized spacial score (nSPS) is 19.4. The van der Waals surface area contributed by atoms with E-state index in [2.05, 4.69) is 22.0 Å². The molecule has 0 aromatic heterocycles. The molecule has 3 aromatic rings. The number of nitro benzene ring substituents is 1. The molecule has 6 heteroatoms. The number of ether oxygens (including phenoxy) is 2. The van der Waals surface area contributed by atoms with Crippen LogP contribution in [0.4, 0.5) is 5.69 Å². The molecular weight excluding hydrogens is 422 g/mol. The number of non-ortho nitro benzene ring substituents is 1. The molecule has 5 rings (SSSR count). The number of rotatable bonds is 1. The molecule has 0 N–H and O–H groups in total. The van der Waals surface area contributed by atoms with Crippen molar-refractivity contribution in [3.8, 4) is 11.5 Å². The molecule has 0 aliphatic carbocycles. The fourth-order valence-corrected chi connectivity index (χ4v) is 4.03.